The fourth-order valence-electron chi connectivity index (χ4n) is 1.67. The van der Waals surface area contributed by atoms with Crippen LogP contribution in [0, 0.1) is 5.92 Å². The highest BCUT2D eigenvalue weighted by molar-refractivity contribution is 9.10. The van der Waals surface area contributed by atoms with E-state index >= 15 is 0 Å². The average molecular weight is 327 g/mol. The highest BCUT2D eigenvalue weighted by Gasteiger charge is 2.33. The van der Waals surface area contributed by atoms with Crippen LogP contribution in [0.2, 0.25) is 0 Å². The quantitative estimate of drug-likeness (QED) is 0.594. The van der Waals surface area contributed by atoms with E-state index in [-0.39, 0.29) is 12.8 Å². The maximum Gasteiger partial charge on any atom is 0.323 e. The van der Waals surface area contributed by atoms with Crippen molar-refractivity contribution < 1.29 is 19.1 Å². The van der Waals surface area contributed by atoms with Crippen LogP contribution in [0.3, 0.4) is 0 Å². The van der Waals surface area contributed by atoms with Crippen molar-refractivity contribution in [3.63, 3.8) is 0 Å². The second-order valence-corrected chi connectivity index (χ2v) is 4.96. The molecule has 5 heteroatoms. The Morgan fingerprint density at radius 3 is 2.21 bits per heavy atom. The lowest BCUT2D eigenvalue weighted by Crippen LogP contribution is -2.33. The number of carbonyl (C=O) groups is 3. The molecule has 0 aliphatic heterocycles. The van der Waals surface area contributed by atoms with E-state index in [0.29, 0.717) is 0 Å². The van der Waals surface area contributed by atoms with E-state index < -0.39 is 23.5 Å². The normalized spacial score (nSPS) is 11.7. The molecule has 0 amide bonds. The van der Waals surface area contributed by atoms with Crippen LogP contribution in [-0.4, -0.2) is 24.6 Å². The number of halogens is 1. The third kappa shape index (κ3) is 4.28. The molecular weight excluding hydrogens is 312 g/mol. The molecule has 0 heterocycles. The van der Waals surface area contributed by atoms with Gasteiger partial charge in [0, 0.05) is 17.3 Å². The Hall–Kier alpha value is -1.49. The van der Waals surface area contributed by atoms with Crippen LogP contribution in [0.15, 0.2) is 28.7 Å². The van der Waals surface area contributed by atoms with Crippen molar-refractivity contribution in [3.05, 3.63) is 34.3 Å². The molecule has 0 aromatic heterocycles. The highest BCUT2D eigenvalue weighted by Crippen LogP contribution is 2.14. The van der Waals surface area contributed by atoms with Crippen molar-refractivity contribution in [2.24, 2.45) is 5.92 Å². The molecule has 19 heavy (non-hydrogen) atoms. The Morgan fingerprint density at radius 1 is 1.16 bits per heavy atom. The van der Waals surface area contributed by atoms with Gasteiger partial charge in [-0.3, -0.25) is 14.4 Å². The second kappa shape index (κ2) is 7.19. The average Bonchev–Trinajstić information content (AvgIpc) is 2.41. The summed E-state index contributed by atoms with van der Waals surface area (Å²) in [6.45, 7) is 1.62. The predicted molar refractivity (Wildman–Crippen MR) is 73.7 cm³/mol. The summed E-state index contributed by atoms with van der Waals surface area (Å²) in [4.78, 5) is 35.3. The molecule has 0 aliphatic rings. The molecule has 0 radical (unpaired) electrons. The number of Topliss-reactive ketones (excluding diaryl/α,β-unsaturated/α-hetero) is 2. The van der Waals surface area contributed by atoms with E-state index in [0.717, 1.165) is 10.0 Å². The van der Waals surface area contributed by atoms with Crippen LogP contribution in [0.25, 0.3) is 0 Å². The number of ether oxygens (including phenoxy) is 1. The molecule has 1 aromatic carbocycles. The van der Waals surface area contributed by atoms with Crippen molar-refractivity contribution in [2.75, 3.05) is 7.11 Å². The van der Waals surface area contributed by atoms with Gasteiger partial charge in [0.15, 0.2) is 17.5 Å². The van der Waals surface area contributed by atoms with Crippen LogP contribution in [0.4, 0.5) is 0 Å². The van der Waals surface area contributed by atoms with Crippen LogP contribution in [-0.2, 0) is 25.5 Å². The van der Waals surface area contributed by atoms with Crippen molar-refractivity contribution in [1.82, 2.24) is 0 Å². The van der Waals surface area contributed by atoms with Gasteiger partial charge in [-0.05, 0) is 17.7 Å². The molecule has 0 fully saturated rings. The van der Waals surface area contributed by atoms with Gasteiger partial charge < -0.3 is 4.74 Å². The Morgan fingerprint density at radius 2 is 1.74 bits per heavy atom. The second-order valence-electron chi connectivity index (χ2n) is 4.05. The van der Waals surface area contributed by atoms with E-state index in [1.54, 1.807) is 31.2 Å². The number of benzene rings is 1. The Bertz CT molecular complexity index is 463. The highest BCUT2D eigenvalue weighted by atomic mass is 79.9. The van der Waals surface area contributed by atoms with Gasteiger partial charge in [-0.2, -0.15) is 0 Å². The third-order valence-electron chi connectivity index (χ3n) is 2.72. The largest absolute Gasteiger partial charge is 0.468 e. The van der Waals surface area contributed by atoms with Gasteiger partial charge in [-0.15, -0.1) is 0 Å². The molecule has 1 rings (SSSR count). The fraction of sp³-hybridized carbons (Fsp3) is 0.357. The van der Waals surface area contributed by atoms with E-state index in [4.69, 9.17) is 0 Å². The lowest BCUT2D eigenvalue weighted by atomic mass is 9.93. The summed E-state index contributed by atoms with van der Waals surface area (Å²) in [6.07, 6.45) is 0.171. The maximum atomic E-state index is 12.1. The van der Waals surface area contributed by atoms with Gasteiger partial charge in [0.1, 0.15) is 0 Å². The van der Waals surface area contributed by atoms with Gasteiger partial charge in [0.25, 0.3) is 0 Å². The molecule has 0 N–H and O–H groups in total. The monoisotopic (exact) mass is 326 g/mol. The van der Waals surface area contributed by atoms with Gasteiger partial charge in [-0.1, -0.05) is 35.0 Å². The summed E-state index contributed by atoms with van der Waals surface area (Å²) < 4.78 is 5.43. The first kappa shape index (κ1) is 15.6. The molecule has 102 valence electrons. The summed E-state index contributed by atoms with van der Waals surface area (Å²) in [5.41, 5.74) is 0.756. The predicted octanol–water partition coefficient (Wildman–Crippen LogP) is 2.33. The van der Waals surface area contributed by atoms with E-state index in [1.165, 1.54) is 7.11 Å². The van der Waals surface area contributed by atoms with Crippen molar-refractivity contribution >= 4 is 33.5 Å². The van der Waals surface area contributed by atoms with Gasteiger partial charge in [0.05, 0.1) is 7.11 Å². The summed E-state index contributed by atoms with van der Waals surface area (Å²) in [6, 6.07) is 7.15. The first-order valence-corrected chi connectivity index (χ1v) is 6.66. The number of hydrogen-bond acceptors (Lipinski definition) is 4. The standard InChI is InChI=1S/C14H15BrO4/c1-3-11(16)13(14(18)19-2)12(17)8-9-4-6-10(15)7-5-9/h4-7,13H,3,8H2,1-2H3/t13-/m1/s1. The summed E-state index contributed by atoms with van der Waals surface area (Å²) >= 11 is 3.30. The zero-order valence-electron chi connectivity index (χ0n) is 10.8. The summed E-state index contributed by atoms with van der Waals surface area (Å²) in [5.74, 6) is -2.93. The topological polar surface area (TPSA) is 60.4 Å². The first-order valence-electron chi connectivity index (χ1n) is 5.87. The molecule has 4 nitrogen and oxygen atoms in total. The fourth-order valence-corrected chi connectivity index (χ4v) is 1.93. The smallest absolute Gasteiger partial charge is 0.323 e. The maximum absolute atomic E-state index is 12.1. The number of methoxy groups -OCH3 is 1. The lowest BCUT2D eigenvalue weighted by molar-refractivity contribution is -0.152. The van der Waals surface area contributed by atoms with Gasteiger partial charge >= 0.3 is 5.97 Å². The van der Waals surface area contributed by atoms with Crippen molar-refractivity contribution in [3.8, 4) is 0 Å². The van der Waals surface area contributed by atoms with Crippen LogP contribution < -0.4 is 0 Å². The molecule has 0 spiro atoms. The van der Waals surface area contributed by atoms with E-state index in [1.807, 2.05) is 0 Å². The van der Waals surface area contributed by atoms with Crippen LogP contribution >= 0.6 is 15.9 Å². The molecule has 0 unspecified atom stereocenters. The lowest BCUT2D eigenvalue weighted by Gasteiger charge is -2.11. The summed E-state index contributed by atoms with van der Waals surface area (Å²) in [5, 5.41) is 0. The SMILES string of the molecule is CCC(=O)[C@H](C(=O)Cc1ccc(Br)cc1)C(=O)OC. The summed E-state index contributed by atoms with van der Waals surface area (Å²) in [7, 11) is 1.17. The van der Waals surface area contributed by atoms with Gasteiger partial charge in [0.2, 0.25) is 0 Å². The molecule has 0 bridgehead atoms. The molecular formula is C14H15BrO4. The van der Waals surface area contributed by atoms with Crippen LogP contribution in [0.5, 0.6) is 0 Å². The minimum atomic E-state index is -1.31. The number of rotatable bonds is 6. The molecule has 1 aromatic rings. The molecule has 0 aliphatic carbocycles. The number of carbonyl (C=O) groups excluding carboxylic acids is 3. The van der Waals surface area contributed by atoms with Crippen LogP contribution in [0.1, 0.15) is 18.9 Å². The number of esters is 1. The third-order valence-corrected chi connectivity index (χ3v) is 3.25. The van der Waals surface area contributed by atoms with Crippen molar-refractivity contribution in [1.29, 1.82) is 0 Å². The minimum Gasteiger partial charge on any atom is -0.468 e. The number of ketones is 2. The van der Waals surface area contributed by atoms with Crippen molar-refractivity contribution in [2.45, 2.75) is 19.8 Å². The van der Waals surface area contributed by atoms with E-state index in [9.17, 15) is 14.4 Å². The number of hydrogen-bond donors (Lipinski definition) is 0. The van der Waals surface area contributed by atoms with E-state index in [2.05, 4.69) is 20.7 Å². The zero-order valence-corrected chi connectivity index (χ0v) is 12.4. The first-order chi connectivity index (χ1) is 8.99. The Balaban J connectivity index is 2.85. The Kier molecular flexibility index (Phi) is 5.89. The Labute approximate surface area is 120 Å². The minimum absolute atomic E-state index is 0.0405. The zero-order chi connectivity index (χ0) is 14.4. The molecule has 1 atom stereocenters. The van der Waals surface area contributed by atoms with Gasteiger partial charge in [-0.25, -0.2) is 0 Å². The molecule has 0 saturated heterocycles. The molecule has 0 saturated carbocycles.